The van der Waals surface area contributed by atoms with Crippen molar-refractivity contribution in [1.82, 2.24) is 14.1 Å². The van der Waals surface area contributed by atoms with E-state index in [1.165, 1.54) is 16.2 Å². The maximum atomic E-state index is 6.81. The number of benzene rings is 6. The Hall–Kier alpha value is -5.87. The molecule has 4 nitrogen and oxygen atoms in total. The van der Waals surface area contributed by atoms with Crippen LogP contribution in [0.25, 0.3) is 77.9 Å². The normalized spacial score (nSPS) is 11.7. The molecule has 0 spiro atoms. The summed E-state index contributed by atoms with van der Waals surface area (Å²) in [6.07, 6.45) is 0. The third-order valence-corrected chi connectivity index (χ3v) is 8.37. The molecule has 3 heterocycles. The van der Waals surface area contributed by atoms with Gasteiger partial charge in [-0.15, -0.1) is 0 Å². The number of para-hydroxylation sites is 3. The van der Waals surface area contributed by atoms with Crippen molar-refractivity contribution in [2.75, 3.05) is 0 Å². The fourth-order valence-corrected chi connectivity index (χ4v) is 6.54. The molecule has 3 aromatic heterocycles. The molecule has 202 valence electrons. The molecule has 0 fully saturated rings. The number of fused-ring (bicyclic) bond motifs is 7. The van der Waals surface area contributed by atoms with Crippen molar-refractivity contribution in [2.45, 2.75) is 0 Å². The minimum Gasteiger partial charge on any atom is -0.422 e. The van der Waals surface area contributed by atoms with Crippen LogP contribution in [-0.2, 0) is 0 Å². The Morgan fingerprint density at radius 3 is 1.74 bits per heavy atom. The van der Waals surface area contributed by atoms with Gasteiger partial charge in [0.2, 0.25) is 0 Å². The second-order valence-corrected chi connectivity index (χ2v) is 10.8. The molecule has 0 radical (unpaired) electrons. The maximum absolute atomic E-state index is 6.81. The quantitative estimate of drug-likeness (QED) is 0.218. The Kier molecular flexibility index (Phi) is 5.16. The number of rotatable bonds is 4. The summed E-state index contributed by atoms with van der Waals surface area (Å²) in [6.45, 7) is 0. The van der Waals surface area contributed by atoms with Crippen molar-refractivity contribution >= 4 is 43.6 Å². The third-order valence-electron chi connectivity index (χ3n) is 8.37. The molecular weight excluding hydrogens is 526 g/mol. The van der Waals surface area contributed by atoms with Crippen LogP contribution < -0.4 is 0 Å². The summed E-state index contributed by atoms with van der Waals surface area (Å²) >= 11 is 0. The molecule has 6 aromatic carbocycles. The molecule has 0 aliphatic rings. The number of oxazole rings is 1. The van der Waals surface area contributed by atoms with Gasteiger partial charge in [-0.3, -0.25) is 4.57 Å². The summed E-state index contributed by atoms with van der Waals surface area (Å²) in [4.78, 5) is 5.24. The SMILES string of the molecule is c1ccc(-c2nc(-n3c4ccccc4c4ccc5c(c6ccccc6n5-c5ccccc5)c43)oc2-c2ccccc2)cc1. The zero-order valence-electron chi connectivity index (χ0n) is 23.2. The molecule has 43 heavy (non-hydrogen) atoms. The molecule has 0 aliphatic carbocycles. The second-order valence-electron chi connectivity index (χ2n) is 10.8. The summed E-state index contributed by atoms with van der Waals surface area (Å²) in [5, 5.41) is 4.69. The van der Waals surface area contributed by atoms with E-state index < -0.39 is 0 Å². The molecule has 9 rings (SSSR count). The Bertz CT molecular complexity index is 2380. The average molecular weight is 552 g/mol. The summed E-state index contributed by atoms with van der Waals surface area (Å²) in [7, 11) is 0. The fraction of sp³-hybridized carbons (Fsp3) is 0. The highest BCUT2D eigenvalue weighted by atomic mass is 16.4. The number of aromatic nitrogens is 3. The van der Waals surface area contributed by atoms with E-state index in [0.29, 0.717) is 6.01 Å². The van der Waals surface area contributed by atoms with Crippen LogP contribution in [0.4, 0.5) is 0 Å². The van der Waals surface area contributed by atoms with E-state index in [1.807, 2.05) is 36.4 Å². The minimum atomic E-state index is 0.549. The Balaban J connectivity index is 1.45. The smallest absolute Gasteiger partial charge is 0.307 e. The van der Waals surface area contributed by atoms with Crippen LogP contribution in [0, 0.1) is 0 Å². The van der Waals surface area contributed by atoms with Crippen molar-refractivity contribution in [3.05, 3.63) is 152 Å². The van der Waals surface area contributed by atoms with Crippen molar-refractivity contribution in [3.63, 3.8) is 0 Å². The van der Waals surface area contributed by atoms with Crippen LogP contribution in [0.5, 0.6) is 0 Å². The van der Waals surface area contributed by atoms with Crippen LogP contribution in [0.3, 0.4) is 0 Å². The summed E-state index contributed by atoms with van der Waals surface area (Å²) < 4.78 is 11.4. The fourth-order valence-electron chi connectivity index (χ4n) is 6.54. The van der Waals surface area contributed by atoms with Gasteiger partial charge in [0.1, 0.15) is 5.69 Å². The predicted octanol–water partition coefficient (Wildman–Crippen LogP) is 10.2. The van der Waals surface area contributed by atoms with Gasteiger partial charge in [-0.1, -0.05) is 121 Å². The van der Waals surface area contributed by atoms with E-state index in [-0.39, 0.29) is 0 Å². The van der Waals surface area contributed by atoms with Gasteiger partial charge >= 0.3 is 6.01 Å². The first-order chi connectivity index (χ1) is 21.4. The summed E-state index contributed by atoms with van der Waals surface area (Å²) in [5.41, 5.74) is 8.41. The van der Waals surface area contributed by atoms with Crippen LogP contribution in [0.2, 0.25) is 0 Å². The van der Waals surface area contributed by atoms with Gasteiger partial charge in [-0.25, -0.2) is 0 Å². The maximum Gasteiger partial charge on any atom is 0.307 e. The van der Waals surface area contributed by atoms with Gasteiger partial charge in [0, 0.05) is 38.4 Å². The molecule has 9 aromatic rings. The van der Waals surface area contributed by atoms with E-state index in [0.717, 1.165) is 55.7 Å². The molecule has 0 atom stereocenters. The molecule has 4 heteroatoms. The van der Waals surface area contributed by atoms with Crippen molar-refractivity contribution in [2.24, 2.45) is 0 Å². The molecular formula is C39H25N3O. The third kappa shape index (κ3) is 3.53. The average Bonchev–Trinajstić information content (AvgIpc) is 3.76. The van der Waals surface area contributed by atoms with E-state index in [2.05, 4.69) is 124 Å². The van der Waals surface area contributed by atoms with Crippen LogP contribution in [0.15, 0.2) is 156 Å². The van der Waals surface area contributed by atoms with E-state index in [4.69, 9.17) is 9.40 Å². The number of hydrogen-bond acceptors (Lipinski definition) is 2. The van der Waals surface area contributed by atoms with Gasteiger partial charge in [0.25, 0.3) is 0 Å². The topological polar surface area (TPSA) is 35.9 Å². The highest BCUT2D eigenvalue weighted by Gasteiger charge is 2.24. The molecule has 0 saturated carbocycles. The van der Waals surface area contributed by atoms with Crippen LogP contribution >= 0.6 is 0 Å². The number of nitrogens with zero attached hydrogens (tertiary/aromatic N) is 3. The largest absolute Gasteiger partial charge is 0.422 e. The molecule has 0 saturated heterocycles. The lowest BCUT2D eigenvalue weighted by atomic mass is 10.1. The molecule has 0 N–H and O–H groups in total. The monoisotopic (exact) mass is 551 g/mol. The highest BCUT2D eigenvalue weighted by Crippen LogP contribution is 2.43. The van der Waals surface area contributed by atoms with E-state index >= 15 is 0 Å². The van der Waals surface area contributed by atoms with E-state index in [1.54, 1.807) is 0 Å². The van der Waals surface area contributed by atoms with Crippen LogP contribution in [-0.4, -0.2) is 14.1 Å². The minimum absolute atomic E-state index is 0.549. The Morgan fingerprint density at radius 2 is 1.02 bits per heavy atom. The molecule has 0 bridgehead atoms. The zero-order chi connectivity index (χ0) is 28.3. The molecule has 0 unspecified atom stereocenters. The Morgan fingerprint density at radius 1 is 0.442 bits per heavy atom. The second kappa shape index (κ2) is 9.33. The lowest BCUT2D eigenvalue weighted by molar-refractivity contribution is 0.548. The first-order valence-electron chi connectivity index (χ1n) is 14.5. The standard InChI is InChI=1S/C39H25N3O/c1-4-14-26(15-5-1)36-38(27-16-6-2-7-17-27)43-39(40-36)42-32-22-12-10-20-29(32)30-24-25-34-35(37(30)42)31-21-11-13-23-33(31)41(34)28-18-8-3-9-19-28/h1-25H. The molecule has 0 amide bonds. The van der Waals surface area contributed by atoms with Crippen molar-refractivity contribution in [1.29, 1.82) is 0 Å². The van der Waals surface area contributed by atoms with Crippen LogP contribution in [0.1, 0.15) is 0 Å². The molecule has 0 aliphatic heterocycles. The zero-order valence-corrected chi connectivity index (χ0v) is 23.2. The Labute approximate surface area is 247 Å². The van der Waals surface area contributed by atoms with Gasteiger partial charge in [-0.2, -0.15) is 4.98 Å². The van der Waals surface area contributed by atoms with Gasteiger partial charge < -0.3 is 8.98 Å². The van der Waals surface area contributed by atoms with Gasteiger partial charge in [0.05, 0.1) is 22.1 Å². The number of hydrogen-bond donors (Lipinski definition) is 0. The van der Waals surface area contributed by atoms with Gasteiger partial charge in [0.15, 0.2) is 5.76 Å². The first kappa shape index (κ1) is 23.8. The van der Waals surface area contributed by atoms with Crippen molar-refractivity contribution < 1.29 is 4.42 Å². The van der Waals surface area contributed by atoms with Crippen molar-refractivity contribution in [3.8, 4) is 34.3 Å². The summed E-state index contributed by atoms with van der Waals surface area (Å²) in [5.74, 6) is 0.756. The summed E-state index contributed by atoms with van der Waals surface area (Å²) in [6, 6.07) is 53.3. The lowest BCUT2D eigenvalue weighted by Gasteiger charge is -2.08. The van der Waals surface area contributed by atoms with E-state index in [9.17, 15) is 0 Å². The predicted molar refractivity (Wildman–Crippen MR) is 176 cm³/mol. The van der Waals surface area contributed by atoms with Gasteiger partial charge in [-0.05, 0) is 30.3 Å². The first-order valence-corrected chi connectivity index (χ1v) is 14.5. The lowest BCUT2D eigenvalue weighted by Crippen LogP contribution is -1.95. The highest BCUT2D eigenvalue weighted by molar-refractivity contribution is 6.26.